The van der Waals surface area contributed by atoms with Gasteiger partial charge in [-0.3, -0.25) is 4.79 Å². The number of aromatic amines is 1. The molecule has 0 aromatic carbocycles. The van der Waals surface area contributed by atoms with E-state index in [9.17, 15) is 14.7 Å². The molecule has 110 valence electrons. The normalized spacial score (nSPS) is 22.2. The summed E-state index contributed by atoms with van der Waals surface area (Å²) in [5, 5.41) is 12.0. The van der Waals surface area contributed by atoms with Crippen molar-refractivity contribution in [1.29, 1.82) is 0 Å². The zero-order valence-corrected chi connectivity index (χ0v) is 11.5. The van der Waals surface area contributed by atoms with E-state index in [1.807, 2.05) is 0 Å². The third-order valence-electron chi connectivity index (χ3n) is 3.68. The lowest BCUT2D eigenvalue weighted by molar-refractivity contribution is -0.143. The van der Waals surface area contributed by atoms with Crippen LogP contribution in [0.25, 0.3) is 0 Å². The number of aromatic nitrogens is 2. The maximum absolute atomic E-state index is 12.1. The number of imidazole rings is 1. The molecule has 0 spiro atoms. The van der Waals surface area contributed by atoms with Crippen LogP contribution >= 0.6 is 0 Å². The van der Waals surface area contributed by atoms with Crippen LogP contribution in [0.3, 0.4) is 0 Å². The standard InChI is InChI=1S/C13H20N4O3/c1-17(8-11-14-6-7-15-11)13(20)16-10-5-3-2-4-9(10)12(18)19/h6-7,9-10H,2-5,8H2,1H3,(H,14,15)(H,16,20)(H,18,19). The average Bonchev–Trinajstić information content (AvgIpc) is 2.91. The minimum atomic E-state index is -0.830. The van der Waals surface area contributed by atoms with Gasteiger partial charge in [0.2, 0.25) is 0 Å². The first-order valence-corrected chi connectivity index (χ1v) is 6.80. The van der Waals surface area contributed by atoms with Crippen LogP contribution in [0.5, 0.6) is 0 Å². The molecule has 1 aliphatic rings. The maximum atomic E-state index is 12.1. The Bertz CT molecular complexity index is 460. The fourth-order valence-corrected chi connectivity index (χ4v) is 2.55. The number of carbonyl (C=O) groups excluding carboxylic acids is 1. The second kappa shape index (κ2) is 6.40. The first-order valence-electron chi connectivity index (χ1n) is 6.80. The molecule has 0 radical (unpaired) electrons. The molecule has 0 bridgehead atoms. The number of nitrogens with zero attached hydrogens (tertiary/aromatic N) is 2. The van der Waals surface area contributed by atoms with Crippen molar-refractivity contribution < 1.29 is 14.7 Å². The highest BCUT2D eigenvalue weighted by Crippen LogP contribution is 2.24. The third-order valence-corrected chi connectivity index (χ3v) is 3.68. The number of amides is 2. The van der Waals surface area contributed by atoms with Gasteiger partial charge >= 0.3 is 12.0 Å². The Morgan fingerprint density at radius 2 is 2.25 bits per heavy atom. The van der Waals surface area contributed by atoms with E-state index in [4.69, 9.17) is 0 Å². The van der Waals surface area contributed by atoms with Crippen LogP contribution in [-0.2, 0) is 11.3 Å². The lowest BCUT2D eigenvalue weighted by Crippen LogP contribution is -2.49. The lowest BCUT2D eigenvalue weighted by Gasteiger charge is -2.30. The number of hydrogen-bond donors (Lipinski definition) is 3. The maximum Gasteiger partial charge on any atom is 0.317 e. The van der Waals surface area contributed by atoms with Gasteiger partial charge in [0, 0.05) is 25.5 Å². The van der Waals surface area contributed by atoms with Gasteiger partial charge < -0.3 is 20.3 Å². The summed E-state index contributed by atoms with van der Waals surface area (Å²) in [6.45, 7) is 0.364. The van der Waals surface area contributed by atoms with E-state index in [0.717, 1.165) is 19.3 Å². The van der Waals surface area contributed by atoms with E-state index < -0.39 is 11.9 Å². The van der Waals surface area contributed by atoms with Gasteiger partial charge in [0.25, 0.3) is 0 Å². The zero-order valence-electron chi connectivity index (χ0n) is 11.5. The molecule has 1 aromatic rings. The minimum absolute atomic E-state index is 0.264. The van der Waals surface area contributed by atoms with Crippen molar-refractivity contribution in [2.45, 2.75) is 38.3 Å². The Kier molecular flexibility index (Phi) is 4.60. The number of aliphatic carboxylic acids is 1. The Morgan fingerprint density at radius 1 is 1.50 bits per heavy atom. The van der Waals surface area contributed by atoms with Gasteiger partial charge in [-0.2, -0.15) is 0 Å². The van der Waals surface area contributed by atoms with Gasteiger partial charge in [-0.15, -0.1) is 0 Å². The van der Waals surface area contributed by atoms with Crippen LogP contribution in [0.1, 0.15) is 31.5 Å². The molecule has 7 nitrogen and oxygen atoms in total. The molecule has 2 unspecified atom stereocenters. The van der Waals surface area contributed by atoms with Gasteiger partial charge in [-0.05, 0) is 12.8 Å². The third kappa shape index (κ3) is 3.49. The Balaban J connectivity index is 1.90. The number of hydrogen-bond acceptors (Lipinski definition) is 3. The Labute approximate surface area is 117 Å². The van der Waals surface area contributed by atoms with Gasteiger partial charge in [-0.25, -0.2) is 9.78 Å². The van der Waals surface area contributed by atoms with Crippen molar-refractivity contribution >= 4 is 12.0 Å². The number of carboxylic acid groups (broad SMARTS) is 1. The molecule has 1 saturated carbocycles. The largest absolute Gasteiger partial charge is 0.481 e. The van der Waals surface area contributed by atoms with Crippen molar-refractivity contribution in [3.05, 3.63) is 18.2 Å². The topological polar surface area (TPSA) is 98.3 Å². The second-order valence-electron chi connectivity index (χ2n) is 5.18. The molecule has 1 aliphatic carbocycles. The molecule has 7 heteroatoms. The van der Waals surface area contributed by atoms with Gasteiger partial charge in [0.05, 0.1) is 12.5 Å². The number of urea groups is 1. The van der Waals surface area contributed by atoms with Crippen LogP contribution in [0.15, 0.2) is 12.4 Å². The lowest BCUT2D eigenvalue weighted by atomic mass is 9.84. The average molecular weight is 280 g/mol. The summed E-state index contributed by atoms with van der Waals surface area (Å²) < 4.78 is 0. The predicted octanol–water partition coefficient (Wildman–Crippen LogP) is 1.19. The summed E-state index contributed by atoms with van der Waals surface area (Å²) in [6.07, 6.45) is 6.53. The van der Waals surface area contributed by atoms with E-state index >= 15 is 0 Å². The van der Waals surface area contributed by atoms with Gasteiger partial charge in [-0.1, -0.05) is 12.8 Å². The number of nitrogens with one attached hydrogen (secondary N) is 2. The smallest absolute Gasteiger partial charge is 0.317 e. The summed E-state index contributed by atoms with van der Waals surface area (Å²) in [6, 6.07) is -0.549. The highest BCUT2D eigenvalue weighted by molar-refractivity contribution is 5.76. The first kappa shape index (κ1) is 14.4. The molecule has 1 aromatic heterocycles. The summed E-state index contributed by atoms with van der Waals surface area (Å²) in [7, 11) is 1.66. The summed E-state index contributed by atoms with van der Waals surface area (Å²) in [4.78, 5) is 31.8. The molecule has 2 rings (SSSR count). The fourth-order valence-electron chi connectivity index (χ4n) is 2.55. The molecule has 3 N–H and O–H groups in total. The van der Waals surface area contributed by atoms with Gasteiger partial charge in [0.1, 0.15) is 5.82 Å². The van der Waals surface area contributed by atoms with Crippen molar-refractivity contribution in [2.24, 2.45) is 5.92 Å². The fraction of sp³-hybridized carbons (Fsp3) is 0.615. The predicted molar refractivity (Wildman–Crippen MR) is 72.0 cm³/mol. The van der Waals surface area contributed by atoms with E-state index in [1.54, 1.807) is 19.4 Å². The molecule has 0 aliphatic heterocycles. The van der Waals surface area contributed by atoms with Gasteiger partial charge in [0.15, 0.2) is 0 Å². The Hall–Kier alpha value is -2.05. The van der Waals surface area contributed by atoms with E-state index in [-0.39, 0.29) is 12.1 Å². The second-order valence-corrected chi connectivity index (χ2v) is 5.18. The quantitative estimate of drug-likeness (QED) is 0.771. The molecule has 0 saturated heterocycles. The van der Waals surface area contributed by atoms with Crippen molar-refractivity contribution in [2.75, 3.05) is 7.05 Å². The van der Waals surface area contributed by atoms with Crippen molar-refractivity contribution in [1.82, 2.24) is 20.2 Å². The van der Waals surface area contributed by atoms with Crippen molar-refractivity contribution in [3.63, 3.8) is 0 Å². The summed E-state index contributed by atoms with van der Waals surface area (Å²) in [5.41, 5.74) is 0. The van der Waals surface area contributed by atoms with Crippen LogP contribution in [0.4, 0.5) is 4.79 Å². The Morgan fingerprint density at radius 3 is 2.90 bits per heavy atom. The molecule has 20 heavy (non-hydrogen) atoms. The highest BCUT2D eigenvalue weighted by atomic mass is 16.4. The zero-order chi connectivity index (χ0) is 14.5. The monoisotopic (exact) mass is 280 g/mol. The van der Waals surface area contributed by atoms with E-state index in [1.165, 1.54) is 4.90 Å². The number of H-pyrrole nitrogens is 1. The molecule has 1 fully saturated rings. The van der Waals surface area contributed by atoms with Crippen molar-refractivity contribution in [3.8, 4) is 0 Å². The SMILES string of the molecule is CN(Cc1ncc[nH]1)C(=O)NC1CCCCC1C(=O)O. The molecule has 1 heterocycles. The molecular formula is C13H20N4O3. The first-order chi connectivity index (χ1) is 9.58. The molecule has 2 atom stereocenters. The van der Waals surface area contributed by atoms with E-state index in [2.05, 4.69) is 15.3 Å². The summed E-state index contributed by atoms with van der Waals surface area (Å²) in [5.74, 6) is -0.616. The van der Waals surface area contributed by atoms with E-state index in [0.29, 0.717) is 18.8 Å². The molecular weight excluding hydrogens is 260 g/mol. The van der Waals surface area contributed by atoms with Crippen LogP contribution in [0, 0.1) is 5.92 Å². The van der Waals surface area contributed by atoms with Crippen LogP contribution in [-0.4, -0.2) is 45.1 Å². The molecule has 2 amide bonds. The van der Waals surface area contributed by atoms with Crippen LogP contribution in [0.2, 0.25) is 0 Å². The summed E-state index contributed by atoms with van der Waals surface area (Å²) >= 11 is 0. The number of rotatable bonds is 4. The number of carbonyl (C=O) groups is 2. The minimum Gasteiger partial charge on any atom is -0.481 e. The number of carboxylic acids is 1. The van der Waals surface area contributed by atoms with Crippen LogP contribution < -0.4 is 5.32 Å². The highest BCUT2D eigenvalue weighted by Gasteiger charge is 2.32.